The number of fused-ring (bicyclic) bond motifs is 3. The summed E-state index contributed by atoms with van der Waals surface area (Å²) in [5, 5.41) is 0. The van der Waals surface area contributed by atoms with Crippen molar-refractivity contribution >= 4 is 0 Å². The summed E-state index contributed by atoms with van der Waals surface area (Å²) in [6.45, 7) is 5.41. The smallest absolute Gasteiger partial charge is 0.0181 e. The number of hydrogen-bond donors (Lipinski definition) is 0. The molecule has 5 fully saturated rings. The van der Waals surface area contributed by atoms with Crippen molar-refractivity contribution in [1.29, 1.82) is 0 Å². The van der Waals surface area contributed by atoms with Gasteiger partial charge >= 0.3 is 0 Å². The van der Waals surface area contributed by atoms with Crippen LogP contribution in [0.1, 0.15) is 84.5 Å². The van der Waals surface area contributed by atoms with Crippen LogP contribution < -0.4 is 0 Å². The van der Waals surface area contributed by atoms with Crippen molar-refractivity contribution in [3.05, 3.63) is 0 Å². The number of hydrogen-bond acceptors (Lipinski definition) is 0. The minimum absolute atomic E-state index is 0.743. The van der Waals surface area contributed by atoms with Gasteiger partial charge in [0, 0.05) is 0 Å². The quantitative estimate of drug-likeness (QED) is 0.522. The zero-order valence-corrected chi connectivity index (χ0v) is 13.6. The standard InChI is InChI=1S/C20H32/c1-18-11-8-15-13-20(15,18)17-7-6-14-5-3-4-10-19(14,2)16(17)9-12-18/h14-17H,3-13H2,1-2H3/t14?,15?,16?,17?,18?,19-,20?/m0/s1. The van der Waals surface area contributed by atoms with E-state index in [4.69, 9.17) is 0 Å². The van der Waals surface area contributed by atoms with Crippen LogP contribution in [-0.2, 0) is 0 Å². The molecule has 6 unspecified atom stereocenters. The Morgan fingerprint density at radius 2 is 1.55 bits per heavy atom. The molecule has 0 N–H and O–H groups in total. The lowest BCUT2D eigenvalue weighted by Gasteiger charge is -2.61. The summed E-state index contributed by atoms with van der Waals surface area (Å²) in [6.07, 6.45) is 17.3. The highest BCUT2D eigenvalue weighted by atomic mass is 14.8. The predicted molar refractivity (Wildman–Crippen MR) is 83.4 cm³/mol. The second kappa shape index (κ2) is 3.66. The van der Waals surface area contributed by atoms with Gasteiger partial charge in [0.05, 0.1) is 0 Å². The third kappa shape index (κ3) is 1.23. The van der Waals surface area contributed by atoms with Gasteiger partial charge in [-0.3, -0.25) is 0 Å². The highest BCUT2D eigenvalue weighted by Crippen LogP contribution is 2.82. The van der Waals surface area contributed by atoms with Crippen LogP contribution in [0.2, 0.25) is 0 Å². The second-order valence-corrected chi connectivity index (χ2v) is 9.82. The molecule has 0 radical (unpaired) electrons. The zero-order valence-electron chi connectivity index (χ0n) is 13.6. The summed E-state index contributed by atoms with van der Waals surface area (Å²) in [5.74, 6) is 4.49. The maximum atomic E-state index is 2.72. The van der Waals surface area contributed by atoms with Crippen LogP contribution in [-0.4, -0.2) is 0 Å². The van der Waals surface area contributed by atoms with Crippen LogP contribution in [0, 0.1) is 39.9 Å². The molecule has 0 heterocycles. The lowest BCUT2D eigenvalue weighted by molar-refractivity contribution is -0.119. The van der Waals surface area contributed by atoms with Gasteiger partial charge in [-0.25, -0.2) is 0 Å². The Morgan fingerprint density at radius 3 is 2.40 bits per heavy atom. The van der Waals surface area contributed by atoms with E-state index in [2.05, 4.69) is 13.8 Å². The van der Waals surface area contributed by atoms with Gasteiger partial charge < -0.3 is 0 Å². The highest BCUT2D eigenvalue weighted by molar-refractivity contribution is 5.23. The van der Waals surface area contributed by atoms with Gasteiger partial charge in [0.1, 0.15) is 0 Å². The Morgan fingerprint density at radius 1 is 0.700 bits per heavy atom. The summed E-state index contributed by atoms with van der Waals surface area (Å²) >= 11 is 0. The van der Waals surface area contributed by atoms with Crippen LogP contribution in [0.25, 0.3) is 0 Å². The third-order valence-corrected chi connectivity index (χ3v) is 9.60. The van der Waals surface area contributed by atoms with Crippen molar-refractivity contribution in [3.63, 3.8) is 0 Å². The SMILES string of the molecule is CC12CCC3CC31C1CCC3CCCC[C@]3(C)C1CC2. The van der Waals surface area contributed by atoms with Crippen molar-refractivity contribution in [3.8, 4) is 0 Å². The van der Waals surface area contributed by atoms with Crippen molar-refractivity contribution in [1.82, 2.24) is 0 Å². The van der Waals surface area contributed by atoms with Crippen LogP contribution in [0.5, 0.6) is 0 Å². The zero-order chi connectivity index (χ0) is 13.6. The van der Waals surface area contributed by atoms with E-state index >= 15 is 0 Å². The van der Waals surface area contributed by atoms with Gasteiger partial charge in [-0.05, 0) is 97.7 Å². The predicted octanol–water partition coefficient (Wildman–Crippen LogP) is 5.81. The molecule has 5 saturated carbocycles. The molecule has 112 valence electrons. The van der Waals surface area contributed by atoms with Crippen molar-refractivity contribution in [2.45, 2.75) is 84.5 Å². The van der Waals surface area contributed by atoms with E-state index < -0.39 is 0 Å². The minimum Gasteiger partial charge on any atom is -0.0591 e. The van der Waals surface area contributed by atoms with Gasteiger partial charge in [0.25, 0.3) is 0 Å². The molecule has 0 bridgehead atoms. The van der Waals surface area contributed by atoms with E-state index in [1.54, 1.807) is 57.8 Å². The topological polar surface area (TPSA) is 0 Å². The molecule has 0 aliphatic heterocycles. The van der Waals surface area contributed by atoms with E-state index in [0.29, 0.717) is 0 Å². The fourth-order valence-corrected chi connectivity index (χ4v) is 8.49. The van der Waals surface area contributed by atoms with Crippen molar-refractivity contribution in [2.75, 3.05) is 0 Å². The first-order valence-corrected chi connectivity index (χ1v) is 9.60. The first kappa shape index (κ1) is 12.5. The highest BCUT2D eigenvalue weighted by Gasteiger charge is 2.74. The fourth-order valence-electron chi connectivity index (χ4n) is 8.49. The Bertz CT molecular complexity index is 439. The molecule has 0 heteroatoms. The lowest BCUT2D eigenvalue weighted by atomic mass is 9.44. The summed E-state index contributed by atoms with van der Waals surface area (Å²) < 4.78 is 0. The third-order valence-electron chi connectivity index (χ3n) is 9.60. The summed E-state index contributed by atoms with van der Waals surface area (Å²) in [6, 6.07) is 0. The summed E-state index contributed by atoms with van der Waals surface area (Å²) in [7, 11) is 0. The van der Waals surface area contributed by atoms with Crippen LogP contribution >= 0.6 is 0 Å². The van der Waals surface area contributed by atoms with Gasteiger partial charge in [0.15, 0.2) is 0 Å². The fraction of sp³-hybridized carbons (Fsp3) is 1.00. The van der Waals surface area contributed by atoms with Crippen molar-refractivity contribution in [2.24, 2.45) is 39.9 Å². The Labute approximate surface area is 125 Å². The van der Waals surface area contributed by atoms with Crippen LogP contribution in [0.4, 0.5) is 0 Å². The molecule has 0 amide bonds. The normalized spacial score (nSPS) is 63.9. The monoisotopic (exact) mass is 272 g/mol. The van der Waals surface area contributed by atoms with E-state index in [9.17, 15) is 0 Å². The number of rotatable bonds is 0. The average molecular weight is 272 g/mol. The molecule has 5 rings (SSSR count). The second-order valence-electron chi connectivity index (χ2n) is 9.82. The lowest BCUT2D eigenvalue weighted by Crippen LogP contribution is -2.53. The van der Waals surface area contributed by atoms with Crippen LogP contribution in [0.15, 0.2) is 0 Å². The maximum Gasteiger partial charge on any atom is -0.0181 e. The maximum absolute atomic E-state index is 2.72. The molecule has 0 nitrogen and oxygen atoms in total. The summed E-state index contributed by atoms with van der Waals surface area (Å²) in [5.41, 5.74) is 2.35. The average Bonchev–Trinajstić information content (AvgIpc) is 3.10. The molecule has 7 atom stereocenters. The van der Waals surface area contributed by atoms with E-state index in [1.165, 1.54) is 12.8 Å². The van der Waals surface area contributed by atoms with Crippen molar-refractivity contribution < 1.29 is 0 Å². The van der Waals surface area contributed by atoms with E-state index in [0.717, 1.165) is 39.9 Å². The van der Waals surface area contributed by atoms with Gasteiger partial charge in [-0.15, -0.1) is 0 Å². The molecule has 0 aromatic carbocycles. The Kier molecular flexibility index (Phi) is 2.30. The first-order chi connectivity index (χ1) is 9.60. The van der Waals surface area contributed by atoms with Gasteiger partial charge in [0.2, 0.25) is 0 Å². The van der Waals surface area contributed by atoms with E-state index in [-0.39, 0.29) is 0 Å². The van der Waals surface area contributed by atoms with Crippen LogP contribution in [0.3, 0.4) is 0 Å². The Hall–Kier alpha value is 0. The molecular formula is C20H32. The van der Waals surface area contributed by atoms with Gasteiger partial charge in [-0.2, -0.15) is 0 Å². The Balaban J connectivity index is 1.54. The molecule has 20 heavy (non-hydrogen) atoms. The molecule has 5 aliphatic rings. The molecule has 5 aliphatic carbocycles. The largest absolute Gasteiger partial charge is 0.0591 e. The summed E-state index contributed by atoms with van der Waals surface area (Å²) in [4.78, 5) is 0. The minimum atomic E-state index is 0.743. The molecule has 0 saturated heterocycles. The van der Waals surface area contributed by atoms with E-state index in [1.807, 2.05) is 0 Å². The molecule has 1 spiro atoms. The first-order valence-electron chi connectivity index (χ1n) is 9.60. The molecule has 0 aromatic rings. The molecular weight excluding hydrogens is 240 g/mol. The molecule has 0 aromatic heterocycles. The van der Waals surface area contributed by atoms with Gasteiger partial charge in [-0.1, -0.05) is 26.7 Å².